The first kappa shape index (κ1) is 16.4. The molecule has 1 aliphatic rings. The number of hydrogen-bond acceptors (Lipinski definition) is 5. The van der Waals surface area contributed by atoms with Gasteiger partial charge in [-0.15, -0.1) is 0 Å². The molecule has 5 heteroatoms. The van der Waals surface area contributed by atoms with Gasteiger partial charge in [-0.3, -0.25) is 9.69 Å². The Bertz CT molecular complexity index is 273. The van der Waals surface area contributed by atoms with Gasteiger partial charge < -0.3 is 15.0 Å². The van der Waals surface area contributed by atoms with Gasteiger partial charge in [0.2, 0.25) is 0 Å². The number of hydrogen-bond donors (Lipinski definition) is 1. The predicted molar refractivity (Wildman–Crippen MR) is 77.2 cm³/mol. The molecule has 0 amide bonds. The third kappa shape index (κ3) is 5.47. The second-order valence-corrected chi connectivity index (χ2v) is 5.47. The van der Waals surface area contributed by atoms with Gasteiger partial charge in [0.25, 0.3) is 0 Å². The number of ether oxygens (including phenoxy) is 1. The number of carbonyl (C=O) groups is 1. The minimum absolute atomic E-state index is 0.143. The third-order valence-electron chi connectivity index (χ3n) is 3.80. The fourth-order valence-electron chi connectivity index (χ4n) is 2.57. The Morgan fingerprint density at radius 1 is 1.47 bits per heavy atom. The Morgan fingerprint density at radius 2 is 2.21 bits per heavy atom. The van der Waals surface area contributed by atoms with Gasteiger partial charge in [-0.2, -0.15) is 0 Å². The van der Waals surface area contributed by atoms with E-state index < -0.39 is 0 Å². The number of piperazine rings is 1. The molecule has 2 atom stereocenters. The number of methoxy groups -OCH3 is 1. The molecule has 1 rings (SSSR count). The minimum atomic E-state index is -0.170. The molecule has 0 aromatic carbocycles. The molecule has 2 unspecified atom stereocenters. The first-order chi connectivity index (χ1) is 9.08. The van der Waals surface area contributed by atoms with Crippen molar-refractivity contribution in [2.24, 2.45) is 0 Å². The zero-order valence-corrected chi connectivity index (χ0v) is 12.8. The van der Waals surface area contributed by atoms with Crippen LogP contribution in [0.2, 0.25) is 0 Å². The number of likely N-dealkylation sites (N-methyl/N-ethyl adjacent to an activating group) is 1. The summed E-state index contributed by atoms with van der Waals surface area (Å²) in [6.07, 6.45) is 1.85. The molecule has 1 saturated heterocycles. The van der Waals surface area contributed by atoms with E-state index in [9.17, 15) is 4.79 Å². The van der Waals surface area contributed by atoms with Crippen molar-refractivity contribution < 1.29 is 9.53 Å². The van der Waals surface area contributed by atoms with Crippen LogP contribution in [0.3, 0.4) is 0 Å². The lowest BCUT2D eigenvalue weighted by atomic mass is 10.1. The van der Waals surface area contributed by atoms with Crippen molar-refractivity contribution in [2.45, 2.75) is 38.8 Å². The lowest BCUT2D eigenvalue weighted by molar-refractivity contribution is -0.143. The Morgan fingerprint density at radius 3 is 2.79 bits per heavy atom. The van der Waals surface area contributed by atoms with E-state index in [0.29, 0.717) is 6.04 Å². The van der Waals surface area contributed by atoms with Crippen LogP contribution < -0.4 is 5.32 Å². The van der Waals surface area contributed by atoms with Crippen molar-refractivity contribution in [1.82, 2.24) is 15.1 Å². The van der Waals surface area contributed by atoms with Gasteiger partial charge in [-0.05, 0) is 33.4 Å². The van der Waals surface area contributed by atoms with Crippen LogP contribution in [0, 0.1) is 0 Å². The lowest BCUT2D eigenvalue weighted by Gasteiger charge is -2.38. The molecule has 0 radical (unpaired) electrons. The molecule has 0 bridgehead atoms. The van der Waals surface area contributed by atoms with Crippen LogP contribution in [0.15, 0.2) is 0 Å². The molecule has 0 aliphatic carbocycles. The largest absolute Gasteiger partial charge is 0.468 e. The summed E-state index contributed by atoms with van der Waals surface area (Å²) < 4.78 is 4.87. The van der Waals surface area contributed by atoms with Crippen molar-refractivity contribution in [3.63, 3.8) is 0 Å². The monoisotopic (exact) mass is 271 g/mol. The van der Waals surface area contributed by atoms with Gasteiger partial charge in [0.15, 0.2) is 0 Å². The normalized spacial score (nSPS) is 23.3. The molecule has 0 saturated carbocycles. The molecule has 1 heterocycles. The SMILES string of the molecule is CCCNC(CCN1CCN(C)CC1C)C(=O)OC. The fraction of sp³-hybridized carbons (Fsp3) is 0.929. The number of nitrogens with zero attached hydrogens (tertiary/aromatic N) is 2. The maximum absolute atomic E-state index is 11.7. The first-order valence-corrected chi connectivity index (χ1v) is 7.32. The van der Waals surface area contributed by atoms with E-state index in [4.69, 9.17) is 4.74 Å². The zero-order valence-electron chi connectivity index (χ0n) is 12.8. The van der Waals surface area contributed by atoms with Crippen LogP contribution in [-0.2, 0) is 9.53 Å². The highest BCUT2D eigenvalue weighted by Gasteiger charge is 2.24. The summed E-state index contributed by atoms with van der Waals surface area (Å²) in [7, 11) is 3.62. The second kappa shape index (κ2) is 8.51. The smallest absolute Gasteiger partial charge is 0.322 e. The fourth-order valence-corrected chi connectivity index (χ4v) is 2.57. The van der Waals surface area contributed by atoms with E-state index in [2.05, 4.69) is 36.0 Å². The third-order valence-corrected chi connectivity index (χ3v) is 3.80. The van der Waals surface area contributed by atoms with Crippen LogP contribution in [-0.4, -0.2) is 74.7 Å². The lowest BCUT2D eigenvalue weighted by Crippen LogP contribution is -2.52. The standard InChI is InChI=1S/C14H29N3O2/c1-5-7-15-13(14(18)19-4)6-8-17-10-9-16(3)11-12(17)2/h12-13,15H,5-11H2,1-4H3. The molecule has 0 aromatic rings. The van der Waals surface area contributed by atoms with Gasteiger partial charge in [-0.1, -0.05) is 6.92 Å². The van der Waals surface area contributed by atoms with E-state index in [1.807, 2.05) is 0 Å². The minimum Gasteiger partial charge on any atom is -0.468 e. The highest BCUT2D eigenvalue weighted by molar-refractivity contribution is 5.75. The van der Waals surface area contributed by atoms with E-state index in [1.165, 1.54) is 7.11 Å². The molecule has 1 N–H and O–H groups in total. The van der Waals surface area contributed by atoms with Gasteiger partial charge in [-0.25, -0.2) is 0 Å². The average molecular weight is 271 g/mol. The van der Waals surface area contributed by atoms with E-state index >= 15 is 0 Å². The molecule has 5 nitrogen and oxygen atoms in total. The van der Waals surface area contributed by atoms with E-state index in [0.717, 1.165) is 45.6 Å². The second-order valence-electron chi connectivity index (χ2n) is 5.47. The summed E-state index contributed by atoms with van der Waals surface area (Å²) in [4.78, 5) is 16.5. The van der Waals surface area contributed by atoms with Crippen molar-refractivity contribution in [1.29, 1.82) is 0 Å². The molecule has 19 heavy (non-hydrogen) atoms. The van der Waals surface area contributed by atoms with E-state index in [-0.39, 0.29) is 12.0 Å². The van der Waals surface area contributed by atoms with Crippen LogP contribution >= 0.6 is 0 Å². The Balaban J connectivity index is 2.39. The van der Waals surface area contributed by atoms with Gasteiger partial charge in [0.1, 0.15) is 6.04 Å². The Labute approximate surface area is 117 Å². The van der Waals surface area contributed by atoms with Gasteiger partial charge in [0, 0.05) is 32.2 Å². The summed E-state index contributed by atoms with van der Waals surface area (Å²) >= 11 is 0. The van der Waals surface area contributed by atoms with Gasteiger partial charge in [0.05, 0.1) is 7.11 Å². The Kier molecular flexibility index (Phi) is 7.34. The average Bonchev–Trinajstić information content (AvgIpc) is 2.40. The van der Waals surface area contributed by atoms with Gasteiger partial charge >= 0.3 is 5.97 Å². The first-order valence-electron chi connectivity index (χ1n) is 7.32. The Hall–Kier alpha value is -0.650. The summed E-state index contributed by atoms with van der Waals surface area (Å²) in [6, 6.07) is 0.389. The summed E-state index contributed by atoms with van der Waals surface area (Å²) in [6.45, 7) is 9.45. The molecular weight excluding hydrogens is 242 g/mol. The van der Waals surface area contributed by atoms with Crippen molar-refractivity contribution in [3.05, 3.63) is 0 Å². The number of esters is 1. The van der Waals surface area contributed by atoms with Crippen LogP contribution in [0.5, 0.6) is 0 Å². The molecule has 0 aromatic heterocycles. The number of nitrogens with one attached hydrogen (secondary N) is 1. The topological polar surface area (TPSA) is 44.8 Å². The van der Waals surface area contributed by atoms with Crippen LogP contribution in [0.4, 0.5) is 0 Å². The number of carbonyl (C=O) groups excluding carboxylic acids is 1. The van der Waals surface area contributed by atoms with Crippen LogP contribution in [0.25, 0.3) is 0 Å². The van der Waals surface area contributed by atoms with Crippen molar-refractivity contribution in [3.8, 4) is 0 Å². The quantitative estimate of drug-likeness (QED) is 0.685. The van der Waals surface area contributed by atoms with Crippen molar-refractivity contribution in [2.75, 3.05) is 46.9 Å². The predicted octanol–water partition coefficient (Wildman–Crippen LogP) is 0.554. The molecule has 1 aliphatic heterocycles. The van der Waals surface area contributed by atoms with Crippen molar-refractivity contribution >= 4 is 5.97 Å². The summed E-state index contributed by atoms with van der Waals surface area (Å²) in [5.41, 5.74) is 0. The van der Waals surface area contributed by atoms with E-state index in [1.54, 1.807) is 0 Å². The highest BCUT2D eigenvalue weighted by Crippen LogP contribution is 2.09. The molecule has 1 fully saturated rings. The summed E-state index contributed by atoms with van der Waals surface area (Å²) in [5, 5.41) is 3.27. The molecular formula is C14H29N3O2. The van der Waals surface area contributed by atoms with Crippen LogP contribution in [0.1, 0.15) is 26.7 Å². The molecule has 0 spiro atoms. The maximum Gasteiger partial charge on any atom is 0.322 e. The molecule has 112 valence electrons. The number of rotatable bonds is 7. The summed E-state index contributed by atoms with van der Waals surface area (Å²) in [5.74, 6) is -0.143. The zero-order chi connectivity index (χ0) is 14.3. The maximum atomic E-state index is 11.7. The highest BCUT2D eigenvalue weighted by atomic mass is 16.5.